The van der Waals surface area contributed by atoms with E-state index in [2.05, 4.69) is 68.2 Å². The van der Waals surface area contributed by atoms with Crippen molar-refractivity contribution in [2.24, 2.45) is 0 Å². The molecule has 4 atom stereocenters. The SMILES string of the molecule is CCCCCCCCCCOC(C)c1c(C)c2cc3[nH]c(cc4nc(cc5nc(cc1[nH]2)C(C)=C5CCC(=O)N[C@@H](CC(=O)O)C(=O)O)C(CCC(=O)N[C@@H](CC(=O)O)C(=O)O)=C4C)c(C)c3C(C)OCCCCCCCCCC.[Ga+3]. The number of rotatable bonds is 36. The maximum atomic E-state index is 13.4. The number of hydrogen-bond acceptors (Lipinski definition) is 10. The quantitative estimate of drug-likeness (QED) is 0.0199. The van der Waals surface area contributed by atoms with Crippen molar-refractivity contribution >= 4 is 99.8 Å². The summed E-state index contributed by atoms with van der Waals surface area (Å²) in [5.41, 5.74) is 12.0. The number of H-pyrrole nitrogens is 2. The van der Waals surface area contributed by atoms with Gasteiger partial charge >= 0.3 is 43.7 Å². The molecule has 8 N–H and O–H groups in total. The van der Waals surface area contributed by atoms with E-state index in [4.69, 9.17) is 19.4 Å². The first-order valence-corrected chi connectivity index (χ1v) is 29.1. The van der Waals surface area contributed by atoms with Crippen molar-refractivity contribution in [1.82, 2.24) is 30.6 Å². The number of aromatic nitrogens is 4. The average molecular weight is 1180 g/mol. The number of hydrogen-bond donors (Lipinski definition) is 8. The van der Waals surface area contributed by atoms with Crippen LogP contribution in [0.25, 0.3) is 44.4 Å². The van der Waals surface area contributed by atoms with Crippen molar-refractivity contribution in [3.05, 3.63) is 69.3 Å². The summed E-state index contributed by atoms with van der Waals surface area (Å²) < 4.78 is 13.3. The second-order valence-electron chi connectivity index (χ2n) is 21.6. The van der Waals surface area contributed by atoms with E-state index >= 15 is 0 Å². The molecule has 3 aromatic heterocycles. The molecular weight excluding hydrogens is 1090 g/mol. The van der Waals surface area contributed by atoms with E-state index in [9.17, 15) is 49.2 Å². The van der Waals surface area contributed by atoms with E-state index < -0.39 is 60.6 Å². The minimum Gasteiger partial charge on any atom is -0.481 e. The molecule has 3 aromatic rings. The number of aromatic amines is 2. The van der Waals surface area contributed by atoms with Crippen molar-refractivity contribution < 1.29 is 58.7 Å². The Morgan fingerprint density at radius 2 is 0.840 bits per heavy atom. The molecule has 2 aliphatic rings. The Balaban J connectivity index is 0.0000141. The van der Waals surface area contributed by atoms with Gasteiger partial charge in [-0.2, -0.15) is 0 Å². The first kappa shape index (κ1) is 67.5. The summed E-state index contributed by atoms with van der Waals surface area (Å²) >= 11 is 0. The van der Waals surface area contributed by atoms with Crippen LogP contribution in [0.4, 0.5) is 0 Å². The molecule has 8 bridgehead atoms. The Morgan fingerprint density at radius 3 is 1.21 bits per heavy atom. The third-order valence-electron chi connectivity index (χ3n) is 15.4. The number of carboxylic acids is 4. The van der Waals surface area contributed by atoms with Crippen LogP contribution in [0.15, 0.2) is 24.3 Å². The fourth-order valence-electron chi connectivity index (χ4n) is 10.7. The molecule has 18 nitrogen and oxygen atoms in total. The predicted molar refractivity (Wildman–Crippen MR) is 317 cm³/mol. The van der Waals surface area contributed by atoms with Crippen molar-refractivity contribution in [3.8, 4) is 0 Å². The maximum absolute atomic E-state index is 13.4. The van der Waals surface area contributed by atoms with Crippen LogP contribution < -0.4 is 10.6 Å². The number of carbonyl (C=O) groups is 6. The van der Waals surface area contributed by atoms with E-state index in [0.29, 0.717) is 47.1 Å². The molecule has 5 rings (SSSR count). The standard InChI is InChI=1S/C62H88N6O12.Ga/c1-9-11-13-15-17-19-21-23-29-79-41(7)59-39(5)47-31-45-37(3)43(25-27-55(69)67-53(61(75)76)35-57(71)72)49(63-45)34-50-44(26-28-56(70)68-54(62(77)78)36-58(73)74)38(4)46(64-50)32-51-60(40(6)48(66-51)33-52(59)65-47)42(8)80-30-24-22-20-18-16-14-12-10-2;/h31-34,41-42,53-54,65-66H,9-30,35-36H2,1-8H3,(H,67,69)(H,68,70)(H,71,72)(H,73,74)(H,75,76)(H,77,78);/q;+3/t41?,42?,53-,54-;/m0./s1. The largest absolute Gasteiger partial charge is 3.00 e. The zero-order valence-corrected chi connectivity index (χ0v) is 51.5. The van der Waals surface area contributed by atoms with E-state index in [0.717, 1.165) is 87.6 Å². The number of unbranched alkanes of at least 4 members (excludes halogenated alkanes) is 14. The molecular formula is C62H88GaN6O12+3. The zero-order valence-electron chi connectivity index (χ0n) is 49.1. The van der Waals surface area contributed by atoms with E-state index in [1.807, 2.05) is 26.0 Å². The summed E-state index contributed by atoms with van der Waals surface area (Å²) in [6, 6.07) is 4.55. The Hall–Kier alpha value is -6.02. The van der Waals surface area contributed by atoms with Gasteiger partial charge in [-0.05, 0) is 125 Å². The van der Waals surface area contributed by atoms with Gasteiger partial charge in [0.05, 0.1) is 47.8 Å². The third-order valence-corrected chi connectivity index (χ3v) is 15.4. The fourth-order valence-corrected chi connectivity index (χ4v) is 10.7. The minimum atomic E-state index is -1.64. The summed E-state index contributed by atoms with van der Waals surface area (Å²) in [5.74, 6) is -7.03. The van der Waals surface area contributed by atoms with Gasteiger partial charge in [0, 0.05) is 59.2 Å². The van der Waals surface area contributed by atoms with Gasteiger partial charge in [0.2, 0.25) is 11.8 Å². The van der Waals surface area contributed by atoms with Gasteiger partial charge in [0.1, 0.15) is 12.1 Å². The minimum absolute atomic E-state index is 0. The molecule has 2 amide bonds. The van der Waals surface area contributed by atoms with Crippen molar-refractivity contribution in [1.29, 1.82) is 0 Å². The second-order valence-corrected chi connectivity index (χ2v) is 21.6. The normalized spacial score (nSPS) is 13.8. The Labute approximate surface area is 490 Å². The molecule has 81 heavy (non-hydrogen) atoms. The topological polar surface area (TPSA) is 283 Å². The molecule has 0 radical (unpaired) electrons. The molecule has 438 valence electrons. The number of aliphatic carboxylic acids is 4. The van der Waals surface area contributed by atoms with Gasteiger partial charge in [0.15, 0.2) is 0 Å². The van der Waals surface area contributed by atoms with Crippen LogP contribution in [0, 0.1) is 13.8 Å². The van der Waals surface area contributed by atoms with Crippen molar-refractivity contribution in [3.63, 3.8) is 0 Å². The Bertz CT molecular complexity index is 2900. The molecule has 0 fully saturated rings. The summed E-state index contributed by atoms with van der Waals surface area (Å²) in [5, 5.41) is 42.8. The summed E-state index contributed by atoms with van der Waals surface area (Å²) in [6.07, 6.45) is 16.4. The molecule has 2 unspecified atom stereocenters. The van der Waals surface area contributed by atoms with Gasteiger partial charge in [0.25, 0.3) is 0 Å². The number of carbonyl (C=O) groups excluding carboxylic acids is 2. The first-order valence-electron chi connectivity index (χ1n) is 29.1. The van der Waals surface area contributed by atoms with Crippen LogP contribution in [-0.4, -0.2) is 121 Å². The number of nitrogens with zero attached hydrogens (tertiary/aromatic N) is 2. The van der Waals surface area contributed by atoms with Crippen molar-refractivity contribution in [2.45, 2.75) is 221 Å². The molecule has 19 heteroatoms. The van der Waals surface area contributed by atoms with Gasteiger partial charge < -0.3 is 50.5 Å². The molecule has 0 spiro atoms. The first-order chi connectivity index (χ1) is 38.2. The molecule has 0 aromatic carbocycles. The van der Waals surface area contributed by atoms with E-state index in [1.165, 1.54) is 70.6 Å². The number of carboxylic acid groups (broad SMARTS) is 4. The zero-order chi connectivity index (χ0) is 58.5. The fraction of sp³-hybridized carbons (Fsp3) is 0.581. The van der Waals surface area contributed by atoms with Gasteiger partial charge in [-0.3, -0.25) is 19.2 Å². The number of nitrogens with one attached hydrogen (secondary N) is 4. The second kappa shape index (κ2) is 33.8. The molecule has 0 saturated carbocycles. The van der Waals surface area contributed by atoms with Crippen LogP contribution in [0.2, 0.25) is 0 Å². The average Bonchev–Trinajstić information content (AvgIpc) is 4.30. The number of fused-ring (bicyclic) bond motifs is 8. The van der Waals surface area contributed by atoms with Crippen LogP contribution in [0.3, 0.4) is 0 Å². The van der Waals surface area contributed by atoms with Gasteiger partial charge in [-0.1, -0.05) is 104 Å². The number of ether oxygens (including phenoxy) is 2. The maximum Gasteiger partial charge on any atom is 3.00 e. The summed E-state index contributed by atoms with van der Waals surface area (Å²) in [6.45, 7) is 17.7. The monoisotopic (exact) mass is 1180 g/mol. The summed E-state index contributed by atoms with van der Waals surface area (Å²) in [4.78, 5) is 91.4. The van der Waals surface area contributed by atoms with E-state index in [-0.39, 0.29) is 57.7 Å². The third kappa shape index (κ3) is 20.1. The van der Waals surface area contributed by atoms with Gasteiger partial charge in [-0.15, -0.1) is 0 Å². The molecule has 0 saturated heterocycles. The molecule has 0 aliphatic carbocycles. The van der Waals surface area contributed by atoms with Crippen LogP contribution in [0.5, 0.6) is 0 Å². The molecule has 2 aliphatic heterocycles. The van der Waals surface area contributed by atoms with E-state index in [1.54, 1.807) is 6.07 Å². The number of amides is 2. The summed E-state index contributed by atoms with van der Waals surface area (Å²) in [7, 11) is 0. The van der Waals surface area contributed by atoms with Crippen molar-refractivity contribution in [2.75, 3.05) is 13.2 Å². The van der Waals surface area contributed by atoms with Crippen LogP contribution in [0.1, 0.15) is 240 Å². The number of allylic oxidation sites excluding steroid dienone is 4. The number of aryl methyl sites for hydroxylation is 2. The van der Waals surface area contributed by atoms with Crippen LogP contribution >= 0.6 is 0 Å². The Kier molecular flexibility index (Phi) is 28.2. The predicted octanol–water partition coefficient (Wildman–Crippen LogP) is 12.5. The van der Waals surface area contributed by atoms with Gasteiger partial charge in [-0.25, -0.2) is 19.6 Å². The Morgan fingerprint density at radius 1 is 0.494 bits per heavy atom. The van der Waals surface area contributed by atoms with Crippen LogP contribution in [-0.2, 0) is 38.2 Å². The molecule has 5 heterocycles. The smallest absolute Gasteiger partial charge is 0.481 e.